The van der Waals surface area contributed by atoms with Gasteiger partial charge < -0.3 is 5.11 Å². The molecule has 0 aliphatic carbocycles. The Morgan fingerprint density at radius 2 is 0.614 bits per heavy atom. The number of allylic oxidation sites excluding steroid dienone is 6. The van der Waals surface area contributed by atoms with Crippen molar-refractivity contribution in [2.75, 3.05) is 0 Å². The second-order valence-corrected chi connectivity index (χ2v) is 13.5. The number of carboxylic acid groups (broad SMARTS) is 1. The van der Waals surface area contributed by atoms with Gasteiger partial charge in [0, 0.05) is 6.42 Å². The van der Waals surface area contributed by atoms with Crippen LogP contribution in [0.15, 0.2) is 36.5 Å². The first-order chi connectivity index (χ1) is 21.8. The highest BCUT2D eigenvalue weighted by atomic mass is 16.4. The maximum Gasteiger partial charge on any atom is 0.303 e. The normalized spacial score (nSPS) is 12.0. The molecule has 0 aromatic carbocycles. The van der Waals surface area contributed by atoms with Crippen LogP contribution in [-0.4, -0.2) is 11.1 Å². The fraction of sp³-hybridized carbons (Fsp3) is 0.833. The number of carboxylic acids is 1. The van der Waals surface area contributed by atoms with E-state index in [2.05, 4.69) is 43.4 Å². The standard InChI is InChI=1S/C42H78O2/c1-2-3-4-5-6-7-8-9-10-11-12-13-14-15-16-17-18-19-20-21-22-23-24-25-26-27-28-29-30-31-32-33-34-35-36-37-38-39-40-41-42(43)44/h8-9,11-12,14-15H,2-7,10,13,16-41H2,1H3,(H,43,44)/b9-8-,12-11-,15-14-. The number of rotatable bonds is 37. The zero-order chi connectivity index (χ0) is 31.9. The van der Waals surface area contributed by atoms with Gasteiger partial charge in [0.15, 0.2) is 0 Å². The molecular formula is C42H78O2. The number of carbonyl (C=O) groups is 1. The zero-order valence-corrected chi connectivity index (χ0v) is 29.9. The first kappa shape index (κ1) is 42.7. The minimum Gasteiger partial charge on any atom is -0.481 e. The Labute approximate surface area is 277 Å². The van der Waals surface area contributed by atoms with E-state index in [1.54, 1.807) is 0 Å². The summed E-state index contributed by atoms with van der Waals surface area (Å²) in [5, 5.41) is 8.64. The third-order valence-corrected chi connectivity index (χ3v) is 9.03. The monoisotopic (exact) mass is 615 g/mol. The third kappa shape index (κ3) is 40.7. The van der Waals surface area contributed by atoms with Crippen molar-refractivity contribution in [1.82, 2.24) is 0 Å². The quantitative estimate of drug-likeness (QED) is 0.0558. The summed E-state index contributed by atoms with van der Waals surface area (Å²) in [5.41, 5.74) is 0. The van der Waals surface area contributed by atoms with Gasteiger partial charge in [0.2, 0.25) is 0 Å². The van der Waals surface area contributed by atoms with Crippen LogP contribution in [0.2, 0.25) is 0 Å². The van der Waals surface area contributed by atoms with Crippen molar-refractivity contribution >= 4 is 5.97 Å². The molecule has 0 radical (unpaired) electrons. The molecule has 0 unspecified atom stereocenters. The molecule has 0 aliphatic rings. The van der Waals surface area contributed by atoms with Gasteiger partial charge in [-0.2, -0.15) is 0 Å². The van der Waals surface area contributed by atoms with Crippen LogP contribution in [0, 0.1) is 0 Å². The molecule has 1 N–H and O–H groups in total. The predicted octanol–water partition coefficient (Wildman–Crippen LogP) is 15.0. The summed E-state index contributed by atoms with van der Waals surface area (Å²) >= 11 is 0. The largest absolute Gasteiger partial charge is 0.481 e. The highest BCUT2D eigenvalue weighted by molar-refractivity contribution is 5.66. The van der Waals surface area contributed by atoms with Gasteiger partial charge in [0.05, 0.1) is 0 Å². The lowest BCUT2D eigenvalue weighted by molar-refractivity contribution is -0.137. The van der Waals surface area contributed by atoms with Crippen molar-refractivity contribution in [3.05, 3.63) is 36.5 Å². The van der Waals surface area contributed by atoms with Crippen molar-refractivity contribution in [3.8, 4) is 0 Å². The fourth-order valence-corrected chi connectivity index (χ4v) is 6.07. The molecule has 258 valence electrons. The van der Waals surface area contributed by atoms with Crippen molar-refractivity contribution < 1.29 is 9.90 Å². The molecule has 0 bridgehead atoms. The van der Waals surface area contributed by atoms with Crippen LogP contribution >= 0.6 is 0 Å². The Morgan fingerprint density at radius 1 is 0.364 bits per heavy atom. The summed E-state index contributed by atoms with van der Waals surface area (Å²) in [5.74, 6) is -0.650. The van der Waals surface area contributed by atoms with Crippen LogP contribution in [-0.2, 0) is 4.79 Å². The van der Waals surface area contributed by atoms with Gasteiger partial charge in [0.1, 0.15) is 0 Å². The second kappa shape index (κ2) is 39.7. The van der Waals surface area contributed by atoms with Crippen LogP contribution in [0.25, 0.3) is 0 Å². The smallest absolute Gasteiger partial charge is 0.303 e. The van der Waals surface area contributed by atoms with Crippen LogP contribution in [0.1, 0.15) is 225 Å². The molecule has 44 heavy (non-hydrogen) atoms. The van der Waals surface area contributed by atoms with Gasteiger partial charge in [-0.25, -0.2) is 0 Å². The van der Waals surface area contributed by atoms with E-state index in [9.17, 15) is 4.79 Å². The molecule has 0 saturated carbocycles. The lowest BCUT2D eigenvalue weighted by Crippen LogP contribution is -1.93. The lowest BCUT2D eigenvalue weighted by atomic mass is 10.0. The summed E-state index contributed by atoms with van der Waals surface area (Å²) in [6, 6.07) is 0. The Morgan fingerprint density at radius 3 is 0.909 bits per heavy atom. The zero-order valence-electron chi connectivity index (χ0n) is 29.9. The summed E-state index contributed by atoms with van der Waals surface area (Å²) < 4.78 is 0. The molecule has 0 fully saturated rings. The van der Waals surface area contributed by atoms with E-state index >= 15 is 0 Å². The van der Waals surface area contributed by atoms with Gasteiger partial charge in [-0.05, 0) is 44.9 Å². The minimum absolute atomic E-state index is 0.344. The van der Waals surface area contributed by atoms with Crippen molar-refractivity contribution in [1.29, 1.82) is 0 Å². The molecule has 2 nitrogen and oxygen atoms in total. The van der Waals surface area contributed by atoms with Gasteiger partial charge >= 0.3 is 5.97 Å². The molecule has 0 rings (SSSR count). The number of hydrogen-bond donors (Lipinski definition) is 1. The van der Waals surface area contributed by atoms with Crippen LogP contribution in [0.5, 0.6) is 0 Å². The predicted molar refractivity (Wildman–Crippen MR) is 198 cm³/mol. The molecule has 0 saturated heterocycles. The van der Waals surface area contributed by atoms with Crippen LogP contribution in [0.4, 0.5) is 0 Å². The average molecular weight is 615 g/mol. The van der Waals surface area contributed by atoms with E-state index in [4.69, 9.17) is 5.11 Å². The summed E-state index contributed by atoms with van der Waals surface area (Å²) in [4.78, 5) is 10.5. The van der Waals surface area contributed by atoms with Crippen LogP contribution in [0.3, 0.4) is 0 Å². The van der Waals surface area contributed by atoms with E-state index in [-0.39, 0.29) is 0 Å². The van der Waals surface area contributed by atoms with E-state index in [1.165, 1.54) is 186 Å². The molecule has 0 aromatic rings. The number of hydrogen-bond acceptors (Lipinski definition) is 1. The topological polar surface area (TPSA) is 37.3 Å². The Bertz CT molecular complexity index is 632. The molecule has 0 aliphatic heterocycles. The molecule has 0 heterocycles. The molecule has 2 heteroatoms. The number of aliphatic carboxylic acids is 1. The summed E-state index contributed by atoms with van der Waals surface area (Å²) in [7, 11) is 0. The van der Waals surface area contributed by atoms with Gasteiger partial charge in [-0.1, -0.05) is 210 Å². The maximum atomic E-state index is 10.5. The van der Waals surface area contributed by atoms with E-state index in [1.807, 2.05) is 0 Å². The highest BCUT2D eigenvalue weighted by Gasteiger charge is 1.98. The minimum atomic E-state index is -0.650. The lowest BCUT2D eigenvalue weighted by Gasteiger charge is -2.04. The Kier molecular flexibility index (Phi) is 38.5. The molecule has 0 amide bonds. The van der Waals surface area contributed by atoms with Crippen LogP contribution < -0.4 is 0 Å². The molecule has 0 spiro atoms. The summed E-state index contributed by atoms with van der Waals surface area (Å²) in [6.07, 6.45) is 58.9. The molecular weight excluding hydrogens is 536 g/mol. The average Bonchev–Trinajstić information content (AvgIpc) is 3.02. The molecule has 0 atom stereocenters. The van der Waals surface area contributed by atoms with Crippen molar-refractivity contribution in [2.24, 2.45) is 0 Å². The van der Waals surface area contributed by atoms with Crippen molar-refractivity contribution in [3.63, 3.8) is 0 Å². The van der Waals surface area contributed by atoms with Crippen molar-refractivity contribution in [2.45, 2.75) is 225 Å². The number of unbranched alkanes of at least 4 members (excludes halogenated alkanes) is 29. The first-order valence-corrected chi connectivity index (χ1v) is 19.9. The fourth-order valence-electron chi connectivity index (χ4n) is 6.07. The van der Waals surface area contributed by atoms with E-state index in [0.717, 1.165) is 25.7 Å². The Balaban J connectivity index is 3.15. The maximum absolute atomic E-state index is 10.5. The van der Waals surface area contributed by atoms with Gasteiger partial charge in [0.25, 0.3) is 0 Å². The second-order valence-electron chi connectivity index (χ2n) is 13.5. The van der Waals surface area contributed by atoms with Gasteiger partial charge in [-0.3, -0.25) is 4.79 Å². The third-order valence-electron chi connectivity index (χ3n) is 9.03. The van der Waals surface area contributed by atoms with Gasteiger partial charge in [-0.15, -0.1) is 0 Å². The summed E-state index contributed by atoms with van der Waals surface area (Å²) in [6.45, 7) is 2.28. The SMILES string of the molecule is CCCCCCC/C=C\C/C=C\C/C=C\CCCCCCCCCCCCCCCCCCCCCCCCCCC(=O)O. The van der Waals surface area contributed by atoms with E-state index < -0.39 is 5.97 Å². The van der Waals surface area contributed by atoms with E-state index in [0.29, 0.717) is 6.42 Å². The molecule has 0 aromatic heterocycles. The highest BCUT2D eigenvalue weighted by Crippen LogP contribution is 2.16. The first-order valence-electron chi connectivity index (χ1n) is 19.9. The Hall–Kier alpha value is -1.31.